The Morgan fingerprint density at radius 2 is 1.89 bits per heavy atom. The van der Waals surface area contributed by atoms with Gasteiger partial charge in [-0.15, -0.1) is 0 Å². The number of ether oxygens (including phenoxy) is 1. The van der Waals surface area contributed by atoms with Crippen LogP contribution in [0.2, 0.25) is 5.02 Å². The van der Waals surface area contributed by atoms with Crippen LogP contribution in [-0.4, -0.2) is 27.9 Å². The molecule has 3 rings (SSSR count). The molecule has 1 atom stereocenters. The molecule has 0 saturated carbocycles. The van der Waals surface area contributed by atoms with Crippen molar-refractivity contribution in [2.45, 2.75) is 26.4 Å². The monoisotopic (exact) mass is 383 g/mol. The molecular weight excluding hydrogens is 366 g/mol. The molecule has 138 valence electrons. The fourth-order valence-electron chi connectivity index (χ4n) is 2.63. The number of hydrogen-bond donors (Lipinski definition) is 1. The third-order valence-corrected chi connectivity index (χ3v) is 4.57. The molecule has 0 aliphatic carbocycles. The first-order valence-electron chi connectivity index (χ1n) is 8.48. The fraction of sp³-hybridized carbons (Fsp3) is 0.200. The topological polar surface area (TPSA) is 81.2 Å². The number of carbonyl (C=O) groups excluding carboxylic acids is 2. The Balaban J connectivity index is 1.78. The van der Waals surface area contributed by atoms with Gasteiger partial charge in [0.05, 0.1) is 11.1 Å². The highest BCUT2D eigenvalue weighted by Gasteiger charge is 2.24. The van der Waals surface area contributed by atoms with Gasteiger partial charge in [0.25, 0.3) is 5.91 Å². The maximum absolute atomic E-state index is 12.6. The number of amides is 1. The Morgan fingerprint density at radius 1 is 1.15 bits per heavy atom. The number of anilines is 1. The van der Waals surface area contributed by atoms with E-state index in [0.29, 0.717) is 28.2 Å². The van der Waals surface area contributed by atoms with Crippen molar-refractivity contribution >= 4 is 40.2 Å². The molecule has 0 fully saturated rings. The van der Waals surface area contributed by atoms with Crippen LogP contribution < -0.4 is 5.32 Å². The second-order valence-corrected chi connectivity index (χ2v) is 6.34. The van der Waals surface area contributed by atoms with E-state index >= 15 is 0 Å². The van der Waals surface area contributed by atoms with Crippen molar-refractivity contribution in [2.75, 3.05) is 5.32 Å². The molecule has 0 aliphatic heterocycles. The molecule has 0 aliphatic rings. The molecule has 0 bridgehead atoms. The molecule has 1 unspecified atom stereocenters. The Labute approximate surface area is 161 Å². The number of aromatic nitrogens is 2. The van der Waals surface area contributed by atoms with Gasteiger partial charge in [-0.05, 0) is 43.2 Å². The van der Waals surface area contributed by atoms with Gasteiger partial charge < -0.3 is 10.1 Å². The zero-order valence-electron chi connectivity index (χ0n) is 14.9. The SMILES string of the molecule is CCC(OC(=O)c1cccc2nccnc12)C(=O)Nc1cccc(Cl)c1C. The van der Waals surface area contributed by atoms with Crippen molar-refractivity contribution in [3.05, 3.63) is 64.9 Å². The van der Waals surface area contributed by atoms with E-state index in [0.717, 1.165) is 5.56 Å². The maximum Gasteiger partial charge on any atom is 0.341 e. The summed E-state index contributed by atoms with van der Waals surface area (Å²) >= 11 is 6.08. The van der Waals surface area contributed by atoms with Gasteiger partial charge in [-0.25, -0.2) is 4.79 Å². The second-order valence-electron chi connectivity index (χ2n) is 5.93. The summed E-state index contributed by atoms with van der Waals surface area (Å²) in [4.78, 5) is 33.6. The highest BCUT2D eigenvalue weighted by Crippen LogP contribution is 2.23. The van der Waals surface area contributed by atoms with Crippen molar-refractivity contribution < 1.29 is 14.3 Å². The summed E-state index contributed by atoms with van der Waals surface area (Å²) in [5.74, 6) is -1.03. The van der Waals surface area contributed by atoms with Gasteiger partial charge in [0.2, 0.25) is 0 Å². The summed E-state index contributed by atoms with van der Waals surface area (Å²) in [6.45, 7) is 3.57. The van der Waals surface area contributed by atoms with Crippen molar-refractivity contribution in [3.8, 4) is 0 Å². The average Bonchev–Trinajstić information content (AvgIpc) is 2.68. The summed E-state index contributed by atoms with van der Waals surface area (Å²) in [5.41, 5.74) is 2.62. The van der Waals surface area contributed by atoms with Crippen LogP contribution in [0, 0.1) is 6.92 Å². The van der Waals surface area contributed by atoms with E-state index in [1.165, 1.54) is 6.20 Å². The Morgan fingerprint density at radius 3 is 2.67 bits per heavy atom. The first-order valence-corrected chi connectivity index (χ1v) is 8.85. The first-order chi connectivity index (χ1) is 13.0. The fourth-order valence-corrected chi connectivity index (χ4v) is 2.80. The molecule has 2 aromatic carbocycles. The van der Waals surface area contributed by atoms with E-state index in [2.05, 4.69) is 15.3 Å². The standard InChI is InChI=1S/C20H18ClN3O3/c1-3-17(19(25)24-15-8-5-7-14(21)12(15)2)27-20(26)13-6-4-9-16-18(13)23-11-10-22-16/h4-11,17H,3H2,1-2H3,(H,24,25). The summed E-state index contributed by atoms with van der Waals surface area (Å²) < 4.78 is 5.45. The lowest BCUT2D eigenvalue weighted by molar-refractivity contribution is -0.124. The van der Waals surface area contributed by atoms with E-state index < -0.39 is 18.0 Å². The number of nitrogens with one attached hydrogen (secondary N) is 1. The number of para-hydroxylation sites is 1. The lowest BCUT2D eigenvalue weighted by Crippen LogP contribution is -2.32. The van der Waals surface area contributed by atoms with E-state index in [1.54, 1.807) is 56.4 Å². The van der Waals surface area contributed by atoms with Crippen LogP contribution in [0.1, 0.15) is 29.3 Å². The Kier molecular flexibility index (Phi) is 5.66. The first kappa shape index (κ1) is 18.8. The maximum atomic E-state index is 12.6. The van der Waals surface area contributed by atoms with Gasteiger partial charge in [0, 0.05) is 23.1 Å². The lowest BCUT2D eigenvalue weighted by Gasteiger charge is -2.17. The second kappa shape index (κ2) is 8.14. The van der Waals surface area contributed by atoms with E-state index in [-0.39, 0.29) is 5.56 Å². The lowest BCUT2D eigenvalue weighted by atomic mass is 10.1. The van der Waals surface area contributed by atoms with E-state index in [9.17, 15) is 9.59 Å². The normalized spacial score (nSPS) is 11.8. The van der Waals surface area contributed by atoms with Crippen LogP contribution in [0.4, 0.5) is 5.69 Å². The molecule has 1 aromatic heterocycles. The summed E-state index contributed by atoms with van der Waals surface area (Å²) in [7, 11) is 0. The molecule has 1 heterocycles. The zero-order chi connectivity index (χ0) is 19.4. The zero-order valence-corrected chi connectivity index (χ0v) is 15.7. The molecule has 1 amide bonds. The predicted octanol–water partition coefficient (Wildman–Crippen LogP) is 4.17. The van der Waals surface area contributed by atoms with Crippen molar-refractivity contribution in [2.24, 2.45) is 0 Å². The van der Waals surface area contributed by atoms with Crippen LogP contribution >= 0.6 is 11.6 Å². The number of carbonyl (C=O) groups is 2. The number of esters is 1. The number of benzene rings is 2. The smallest absolute Gasteiger partial charge is 0.341 e. The highest BCUT2D eigenvalue weighted by molar-refractivity contribution is 6.31. The number of fused-ring (bicyclic) bond motifs is 1. The minimum absolute atomic E-state index is 0.269. The van der Waals surface area contributed by atoms with Gasteiger partial charge in [-0.3, -0.25) is 14.8 Å². The highest BCUT2D eigenvalue weighted by atomic mass is 35.5. The van der Waals surface area contributed by atoms with Crippen molar-refractivity contribution in [3.63, 3.8) is 0 Å². The third-order valence-electron chi connectivity index (χ3n) is 4.16. The van der Waals surface area contributed by atoms with Crippen LogP contribution in [0.5, 0.6) is 0 Å². The Hall–Kier alpha value is -2.99. The molecular formula is C20H18ClN3O3. The predicted molar refractivity (Wildman–Crippen MR) is 104 cm³/mol. The van der Waals surface area contributed by atoms with Crippen LogP contribution in [0.15, 0.2) is 48.8 Å². The number of rotatable bonds is 5. The van der Waals surface area contributed by atoms with Crippen molar-refractivity contribution in [1.29, 1.82) is 0 Å². The number of halogens is 1. The summed E-state index contributed by atoms with van der Waals surface area (Å²) in [6, 6.07) is 10.3. The molecule has 0 radical (unpaired) electrons. The van der Waals surface area contributed by atoms with Crippen LogP contribution in [-0.2, 0) is 9.53 Å². The molecule has 0 spiro atoms. The molecule has 7 heteroatoms. The van der Waals surface area contributed by atoms with E-state index in [4.69, 9.17) is 16.3 Å². The van der Waals surface area contributed by atoms with Gasteiger partial charge in [-0.1, -0.05) is 30.7 Å². The summed E-state index contributed by atoms with van der Waals surface area (Å²) in [6.07, 6.45) is 2.44. The van der Waals surface area contributed by atoms with Crippen LogP contribution in [0.3, 0.4) is 0 Å². The summed E-state index contributed by atoms with van der Waals surface area (Å²) in [5, 5.41) is 3.32. The molecule has 6 nitrogen and oxygen atoms in total. The number of nitrogens with zero attached hydrogens (tertiary/aromatic N) is 2. The molecule has 27 heavy (non-hydrogen) atoms. The third kappa shape index (κ3) is 4.06. The van der Waals surface area contributed by atoms with Gasteiger partial charge >= 0.3 is 5.97 Å². The van der Waals surface area contributed by atoms with Gasteiger partial charge in [-0.2, -0.15) is 0 Å². The Bertz CT molecular complexity index is 1000. The minimum Gasteiger partial charge on any atom is -0.449 e. The molecule has 3 aromatic rings. The van der Waals surface area contributed by atoms with E-state index in [1.807, 2.05) is 0 Å². The van der Waals surface area contributed by atoms with Gasteiger partial charge in [0.15, 0.2) is 6.10 Å². The van der Waals surface area contributed by atoms with Crippen LogP contribution in [0.25, 0.3) is 11.0 Å². The largest absolute Gasteiger partial charge is 0.449 e. The number of hydrogen-bond acceptors (Lipinski definition) is 5. The minimum atomic E-state index is -0.942. The average molecular weight is 384 g/mol. The molecule has 0 saturated heterocycles. The quantitative estimate of drug-likeness (QED) is 0.669. The van der Waals surface area contributed by atoms with Crippen molar-refractivity contribution in [1.82, 2.24) is 9.97 Å². The van der Waals surface area contributed by atoms with Gasteiger partial charge in [0.1, 0.15) is 5.52 Å². The molecule has 1 N–H and O–H groups in total.